The molecule has 1 aromatic carbocycles. The molecule has 2 amide bonds. The van der Waals surface area contributed by atoms with Crippen molar-refractivity contribution in [3.05, 3.63) is 24.3 Å². The Morgan fingerprint density at radius 1 is 1.32 bits per heavy atom. The van der Waals surface area contributed by atoms with Crippen LogP contribution in [0.15, 0.2) is 24.3 Å². The lowest BCUT2D eigenvalue weighted by Crippen LogP contribution is -2.48. The zero-order chi connectivity index (χ0) is 20.0. The molecule has 2 aliphatic heterocycles. The van der Waals surface area contributed by atoms with E-state index in [2.05, 4.69) is 10.6 Å². The summed E-state index contributed by atoms with van der Waals surface area (Å²) in [7, 11) is 1.70. The van der Waals surface area contributed by atoms with Crippen LogP contribution < -0.4 is 20.3 Å². The van der Waals surface area contributed by atoms with Gasteiger partial charge >= 0.3 is 0 Å². The first-order valence-electron chi connectivity index (χ1n) is 10.1. The molecule has 3 rings (SSSR count). The number of para-hydroxylation sites is 2. The average Bonchev–Trinajstić information content (AvgIpc) is 3.09. The summed E-state index contributed by atoms with van der Waals surface area (Å²) in [5, 5.41) is 6.45. The zero-order valence-corrected chi connectivity index (χ0v) is 16.8. The number of amides is 2. The van der Waals surface area contributed by atoms with Crippen molar-refractivity contribution < 1.29 is 19.1 Å². The molecule has 2 heterocycles. The molecule has 2 saturated heterocycles. The number of rotatable bonds is 8. The zero-order valence-electron chi connectivity index (χ0n) is 16.8. The Kier molecular flexibility index (Phi) is 6.91. The Morgan fingerprint density at radius 2 is 2.07 bits per heavy atom. The maximum absolute atomic E-state index is 12.8. The molecule has 2 fully saturated rings. The van der Waals surface area contributed by atoms with Crippen LogP contribution in [0.3, 0.4) is 0 Å². The quantitative estimate of drug-likeness (QED) is 0.706. The molecule has 154 valence electrons. The second-order valence-corrected chi connectivity index (χ2v) is 7.71. The van der Waals surface area contributed by atoms with Crippen molar-refractivity contribution >= 4 is 17.5 Å². The van der Waals surface area contributed by atoms with E-state index in [0.29, 0.717) is 32.1 Å². The van der Waals surface area contributed by atoms with Gasteiger partial charge in [0, 0.05) is 32.0 Å². The number of hydrogen-bond acceptors (Lipinski definition) is 5. The Labute approximate surface area is 166 Å². The summed E-state index contributed by atoms with van der Waals surface area (Å²) in [4.78, 5) is 27.0. The second kappa shape index (κ2) is 9.39. The lowest BCUT2D eigenvalue weighted by Gasteiger charge is -2.37. The van der Waals surface area contributed by atoms with E-state index in [1.54, 1.807) is 12.0 Å². The molecule has 0 spiro atoms. The van der Waals surface area contributed by atoms with E-state index in [4.69, 9.17) is 9.47 Å². The third-order valence-corrected chi connectivity index (χ3v) is 5.70. The van der Waals surface area contributed by atoms with Crippen molar-refractivity contribution in [2.24, 2.45) is 11.3 Å². The van der Waals surface area contributed by atoms with Gasteiger partial charge in [-0.3, -0.25) is 9.59 Å². The van der Waals surface area contributed by atoms with E-state index in [-0.39, 0.29) is 29.6 Å². The lowest BCUT2D eigenvalue weighted by atomic mass is 9.79. The Hall–Kier alpha value is -2.12. The van der Waals surface area contributed by atoms with E-state index >= 15 is 0 Å². The first-order chi connectivity index (χ1) is 13.6. The van der Waals surface area contributed by atoms with Crippen LogP contribution in [0.1, 0.15) is 26.2 Å². The van der Waals surface area contributed by atoms with Crippen LogP contribution in [0, 0.1) is 11.3 Å². The van der Waals surface area contributed by atoms with Gasteiger partial charge in [0.05, 0.1) is 24.8 Å². The van der Waals surface area contributed by atoms with Crippen molar-refractivity contribution in [2.45, 2.75) is 26.2 Å². The number of nitrogens with one attached hydrogen (secondary N) is 2. The van der Waals surface area contributed by atoms with Gasteiger partial charge in [-0.2, -0.15) is 0 Å². The summed E-state index contributed by atoms with van der Waals surface area (Å²) in [6.45, 7) is 5.91. The van der Waals surface area contributed by atoms with Crippen LogP contribution in [0.2, 0.25) is 0 Å². The molecule has 0 saturated carbocycles. The van der Waals surface area contributed by atoms with Gasteiger partial charge in [0.15, 0.2) is 0 Å². The highest BCUT2D eigenvalue weighted by atomic mass is 16.5. The van der Waals surface area contributed by atoms with Crippen LogP contribution in [0.25, 0.3) is 0 Å². The first-order valence-corrected chi connectivity index (χ1v) is 10.1. The fourth-order valence-electron chi connectivity index (χ4n) is 4.13. The van der Waals surface area contributed by atoms with Crippen molar-refractivity contribution in [2.75, 3.05) is 51.4 Å². The molecule has 7 nitrogen and oxygen atoms in total. The fraction of sp³-hybridized carbons (Fsp3) is 0.619. The largest absolute Gasteiger partial charge is 0.492 e. The van der Waals surface area contributed by atoms with Gasteiger partial charge in [0.1, 0.15) is 5.75 Å². The number of carbonyl (C=O) groups is 2. The molecular formula is C21H31N3O4. The van der Waals surface area contributed by atoms with Crippen LogP contribution >= 0.6 is 0 Å². The first kappa shape index (κ1) is 20.6. The van der Waals surface area contributed by atoms with Gasteiger partial charge in [-0.1, -0.05) is 12.1 Å². The maximum atomic E-state index is 12.8. The van der Waals surface area contributed by atoms with E-state index in [0.717, 1.165) is 31.6 Å². The Balaban J connectivity index is 1.62. The molecule has 28 heavy (non-hydrogen) atoms. The molecule has 1 aromatic rings. The number of carbonyl (C=O) groups excluding carboxylic acids is 2. The van der Waals surface area contributed by atoms with E-state index < -0.39 is 0 Å². The molecule has 2 N–H and O–H groups in total. The monoisotopic (exact) mass is 389 g/mol. The minimum Gasteiger partial charge on any atom is -0.492 e. The standard InChI is InChI=1S/C21H31N3O4/c1-3-28-18-7-5-4-6-17(18)24-13-16(12-19(24)25)20(26)23-14-21(15-27-2)8-10-22-11-9-21/h4-7,16,22H,3,8-15H2,1-2H3,(H,23,26). The van der Waals surface area contributed by atoms with Crippen molar-refractivity contribution in [3.8, 4) is 5.75 Å². The number of nitrogens with zero attached hydrogens (tertiary/aromatic N) is 1. The van der Waals surface area contributed by atoms with Gasteiger partial charge in [-0.05, 0) is 45.0 Å². The fourth-order valence-corrected chi connectivity index (χ4v) is 4.13. The molecule has 2 aliphatic rings. The van der Waals surface area contributed by atoms with Gasteiger partial charge in [-0.25, -0.2) is 0 Å². The predicted molar refractivity (Wildman–Crippen MR) is 107 cm³/mol. The summed E-state index contributed by atoms with van der Waals surface area (Å²) >= 11 is 0. The lowest BCUT2D eigenvalue weighted by molar-refractivity contribution is -0.127. The molecule has 1 atom stereocenters. The second-order valence-electron chi connectivity index (χ2n) is 7.71. The summed E-state index contributed by atoms with van der Waals surface area (Å²) < 4.78 is 11.1. The van der Waals surface area contributed by atoms with Gasteiger partial charge in [-0.15, -0.1) is 0 Å². The molecule has 1 unspecified atom stereocenters. The predicted octanol–water partition coefficient (Wildman–Crippen LogP) is 1.57. The van der Waals surface area contributed by atoms with Crippen LogP contribution in [0.4, 0.5) is 5.69 Å². The SMILES string of the molecule is CCOc1ccccc1N1CC(C(=O)NCC2(COC)CCNCC2)CC1=O. The molecule has 7 heteroatoms. The van der Waals surface area contributed by atoms with Gasteiger partial charge < -0.3 is 25.0 Å². The van der Waals surface area contributed by atoms with Crippen molar-refractivity contribution in [1.29, 1.82) is 0 Å². The van der Waals surface area contributed by atoms with Crippen molar-refractivity contribution in [3.63, 3.8) is 0 Å². The number of hydrogen-bond donors (Lipinski definition) is 2. The number of benzene rings is 1. The van der Waals surface area contributed by atoms with Crippen LogP contribution in [-0.2, 0) is 14.3 Å². The smallest absolute Gasteiger partial charge is 0.227 e. The topological polar surface area (TPSA) is 79.9 Å². The summed E-state index contributed by atoms with van der Waals surface area (Å²) in [5.74, 6) is 0.233. The minimum absolute atomic E-state index is 0.0282. The van der Waals surface area contributed by atoms with E-state index in [1.165, 1.54) is 0 Å². The number of anilines is 1. The average molecular weight is 389 g/mol. The number of ether oxygens (including phenoxy) is 2. The molecule has 0 radical (unpaired) electrons. The third-order valence-electron chi connectivity index (χ3n) is 5.70. The van der Waals surface area contributed by atoms with Crippen LogP contribution in [0.5, 0.6) is 5.75 Å². The van der Waals surface area contributed by atoms with Gasteiger partial charge in [0.25, 0.3) is 0 Å². The normalized spacial score (nSPS) is 21.6. The maximum Gasteiger partial charge on any atom is 0.227 e. The van der Waals surface area contributed by atoms with Crippen LogP contribution in [-0.4, -0.2) is 58.3 Å². The summed E-state index contributed by atoms with van der Waals surface area (Å²) in [6.07, 6.45) is 2.17. The molecular weight excluding hydrogens is 358 g/mol. The highest BCUT2D eigenvalue weighted by Crippen LogP contribution is 2.33. The van der Waals surface area contributed by atoms with E-state index in [1.807, 2.05) is 31.2 Å². The number of piperidine rings is 1. The van der Waals surface area contributed by atoms with Crippen molar-refractivity contribution in [1.82, 2.24) is 10.6 Å². The minimum atomic E-state index is -0.344. The van der Waals surface area contributed by atoms with E-state index in [9.17, 15) is 9.59 Å². The molecule has 0 aromatic heterocycles. The number of methoxy groups -OCH3 is 1. The summed E-state index contributed by atoms with van der Waals surface area (Å²) in [6, 6.07) is 7.48. The third kappa shape index (κ3) is 4.64. The highest BCUT2D eigenvalue weighted by Gasteiger charge is 2.38. The highest BCUT2D eigenvalue weighted by molar-refractivity contribution is 6.01. The Bertz CT molecular complexity index is 682. The molecule has 0 aliphatic carbocycles. The van der Waals surface area contributed by atoms with Gasteiger partial charge in [0.2, 0.25) is 11.8 Å². The summed E-state index contributed by atoms with van der Waals surface area (Å²) in [5.41, 5.74) is 0.707. The molecule has 0 bridgehead atoms. The Morgan fingerprint density at radius 3 is 2.79 bits per heavy atom.